The van der Waals surface area contributed by atoms with Crippen LogP contribution >= 0.6 is 0 Å². The summed E-state index contributed by atoms with van der Waals surface area (Å²) in [7, 11) is 0. The molecule has 0 saturated carbocycles. The zero-order chi connectivity index (χ0) is 22.0. The average Bonchev–Trinajstić information content (AvgIpc) is 3.20. The third-order valence-corrected chi connectivity index (χ3v) is 6.76. The van der Waals surface area contributed by atoms with Crippen molar-refractivity contribution in [1.82, 2.24) is 4.90 Å². The molecule has 0 radical (unpaired) electrons. The Kier molecular flexibility index (Phi) is 14.3. The lowest BCUT2D eigenvalue weighted by molar-refractivity contribution is 0.273. The Bertz CT molecular complexity index is 553. The summed E-state index contributed by atoms with van der Waals surface area (Å²) in [5.41, 5.74) is 1.33. The third kappa shape index (κ3) is 10.6. The Hall–Kier alpha value is -1.44. The number of rotatable bonds is 19. The van der Waals surface area contributed by atoms with Gasteiger partial charge in [0, 0.05) is 24.6 Å². The van der Waals surface area contributed by atoms with Gasteiger partial charge in [0.1, 0.15) is 6.17 Å². The van der Waals surface area contributed by atoms with Crippen LogP contribution in [0.5, 0.6) is 0 Å². The Morgan fingerprint density at radius 2 is 1.10 bits per heavy atom. The highest BCUT2D eigenvalue weighted by molar-refractivity contribution is 5.51. The molecule has 0 N–H and O–H groups in total. The molecule has 0 spiro atoms. The van der Waals surface area contributed by atoms with E-state index in [1.165, 1.54) is 121 Å². The van der Waals surface area contributed by atoms with Crippen molar-refractivity contribution in [3.63, 3.8) is 0 Å². The maximum atomic E-state index is 2.61. The van der Waals surface area contributed by atoms with Gasteiger partial charge in [-0.2, -0.15) is 0 Å². The van der Waals surface area contributed by atoms with E-state index in [4.69, 9.17) is 0 Å². The predicted octanol–water partition coefficient (Wildman–Crippen LogP) is 9.28. The molecule has 176 valence electrons. The molecule has 2 nitrogen and oxygen atoms in total. The monoisotopic (exact) mass is 426 g/mol. The molecule has 1 aliphatic heterocycles. The van der Waals surface area contributed by atoms with Gasteiger partial charge in [-0.1, -0.05) is 122 Å². The zero-order valence-electron chi connectivity index (χ0n) is 20.7. The summed E-state index contributed by atoms with van der Waals surface area (Å²) in [5.74, 6) is 0. The summed E-state index contributed by atoms with van der Waals surface area (Å²) >= 11 is 0. The first kappa shape index (κ1) is 25.8. The minimum atomic E-state index is 0.507. The van der Waals surface area contributed by atoms with Crippen LogP contribution in [0.4, 0.5) is 5.69 Å². The van der Waals surface area contributed by atoms with E-state index in [1.807, 2.05) is 0 Å². The lowest BCUT2D eigenvalue weighted by atomic mass is 10.0. The van der Waals surface area contributed by atoms with E-state index in [0.717, 1.165) is 0 Å². The molecule has 31 heavy (non-hydrogen) atoms. The third-order valence-electron chi connectivity index (χ3n) is 6.76. The first-order valence-electron chi connectivity index (χ1n) is 13.6. The van der Waals surface area contributed by atoms with Gasteiger partial charge in [0.15, 0.2) is 0 Å². The quantitative estimate of drug-likeness (QED) is 0.203. The molecule has 0 amide bonds. The second kappa shape index (κ2) is 17.2. The Morgan fingerprint density at radius 3 is 1.68 bits per heavy atom. The molecule has 1 aromatic carbocycles. The molecule has 2 rings (SSSR count). The molecule has 0 saturated heterocycles. The number of para-hydroxylation sites is 1. The van der Waals surface area contributed by atoms with Crippen molar-refractivity contribution in [2.45, 2.75) is 129 Å². The first-order chi connectivity index (χ1) is 15.4. The summed E-state index contributed by atoms with van der Waals surface area (Å²) in [6.45, 7) is 5.80. The van der Waals surface area contributed by atoms with Crippen molar-refractivity contribution in [1.29, 1.82) is 0 Å². The number of unbranched alkanes of at least 4 members (excludes halogenated alkanes) is 14. The van der Waals surface area contributed by atoms with E-state index in [2.05, 4.69) is 66.4 Å². The van der Waals surface area contributed by atoms with Crippen LogP contribution in [0.25, 0.3) is 0 Å². The number of hydrogen-bond donors (Lipinski definition) is 0. The zero-order valence-corrected chi connectivity index (χ0v) is 20.7. The highest BCUT2D eigenvalue weighted by Gasteiger charge is 2.26. The molecule has 1 unspecified atom stereocenters. The second-order valence-electron chi connectivity index (χ2n) is 9.50. The van der Waals surface area contributed by atoms with Crippen molar-refractivity contribution < 1.29 is 0 Å². The molecule has 1 heterocycles. The number of hydrogen-bond acceptors (Lipinski definition) is 2. The highest BCUT2D eigenvalue weighted by atomic mass is 15.4. The fraction of sp³-hybridized carbons (Fsp3) is 0.724. The van der Waals surface area contributed by atoms with Gasteiger partial charge in [0.05, 0.1) is 0 Å². The molecule has 2 heteroatoms. The van der Waals surface area contributed by atoms with Crippen LogP contribution in [-0.4, -0.2) is 17.6 Å². The summed E-state index contributed by atoms with van der Waals surface area (Å²) in [6.07, 6.45) is 28.8. The minimum absolute atomic E-state index is 0.507. The lowest BCUT2D eigenvalue weighted by Crippen LogP contribution is -2.39. The van der Waals surface area contributed by atoms with Crippen molar-refractivity contribution in [2.24, 2.45) is 0 Å². The van der Waals surface area contributed by atoms with Crippen LogP contribution in [0.2, 0.25) is 0 Å². The molecule has 0 aromatic heterocycles. The maximum absolute atomic E-state index is 2.61. The molecule has 0 bridgehead atoms. The normalized spacial score (nSPS) is 15.9. The van der Waals surface area contributed by atoms with Gasteiger partial charge in [-0.3, -0.25) is 0 Å². The number of benzene rings is 1. The van der Waals surface area contributed by atoms with Gasteiger partial charge in [-0.25, -0.2) is 0 Å². The molecule has 1 aromatic rings. The van der Waals surface area contributed by atoms with Crippen molar-refractivity contribution in [3.05, 3.63) is 42.7 Å². The van der Waals surface area contributed by atoms with Crippen molar-refractivity contribution >= 4 is 5.69 Å². The summed E-state index contributed by atoms with van der Waals surface area (Å²) in [4.78, 5) is 5.12. The van der Waals surface area contributed by atoms with Crippen molar-refractivity contribution in [3.8, 4) is 0 Å². The molecule has 1 atom stereocenters. The molecule has 0 fully saturated rings. The second-order valence-corrected chi connectivity index (χ2v) is 9.50. The number of anilines is 1. The molecule has 0 aliphatic carbocycles. The Labute approximate surface area is 194 Å². The van der Waals surface area contributed by atoms with Crippen LogP contribution in [0.3, 0.4) is 0 Å². The van der Waals surface area contributed by atoms with E-state index in [9.17, 15) is 0 Å². The number of nitrogens with zero attached hydrogens (tertiary/aromatic N) is 2. The van der Waals surface area contributed by atoms with Crippen LogP contribution in [-0.2, 0) is 0 Å². The predicted molar refractivity (Wildman–Crippen MR) is 138 cm³/mol. The lowest BCUT2D eigenvalue weighted by Gasteiger charge is -2.33. The minimum Gasteiger partial charge on any atom is -0.356 e. The fourth-order valence-corrected chi connectivity index (χ4v) is 4.79. The van der Waals surface area contributed by atoms with Crippen LogP contribution < -0.4 is 4.90 Å². The first-order valence-corrected chi connectivity index (χ1v) is 13.6. The van der Waals surface area contributed by atoms with E-state index in [1.54, 1.807) is 0 Å². The van der Waals surface area contributed by atoms with Gasteiger partial charge in [0.25, 0.3) is 0 Å². The van der Waals surface area contributed by atoms with Gasteiger partial charge in [-0.15, -0.1) is 0 Å². The van der Waals surface area contributed by atoms with Crippen LogP contribution in [0.15, 0.2) is 42.7 Å². The summed E-state index contributed by atoms with van der Waals surface area (Å²) in [6, 6.07) is 11.0. The fourth-order valence-electron chi connectivity index (χ4n) is 4.79. The topological polar surface area (TPSA) is 6.48 Å². The molecular formula is C29H50N2. The summed E-state index contributed by atoms with van der Waals surface area (Å²) in [5, 5.41) is 0. The smallest absolute Gasteiger partial charge is 0.105 e. The van der Waals surface area contributed by atoms with E-state index in [0.29, 0.717) is 6.17 Å². The molecule has 1 aliphatic rings. The standard InChI is InChI=1S/C29H50N2/c1-3-5-7-9-11-12-13-14-15-20-24-29-30(25-21-16-10-8-6-4-2)26-27-31(29)28-22-18-17-19-23-28/h17-19,22-23,26-27,29H,3-16,20-21,24-25H2,1-2H3. The van der Waals surface area contributed by atoms with Gasteiger partial charge in [-0.05, 0) is 31.4 Å². The highest BCUT2D eigenvalue weighted by Crippen LogP contribution is 2.28. The Morgan fingerprint density at radius 1 is 0.581 bits per heavy atom. The average molecular weight is 427 g/mol. The van der Waals surface area contributed by atoms with Gasteiger partial charge < -0.3 is 9.80 Å². The SMILES string of the molecule is CCCCCCCCCCCCC1N(CCCCCCCC)C=CN1c1ccccc1. The van der Waals surface area contributed by atoms with E-state index < -0.39 is 0 Å². The Balaban J connectivity index is 1.69. The van der Waals surface area contributed by atoms with Crippen molar-refractivity contribution in [2.75, 3.05) is 11.4 Å². The van der Waals surface area contributed by atoms with Crippen LogP contribution in [0.1, 0.15) is 123 Å². The van der Waals surface area contributed by atoms with E-state index in [-0.39, 0.29) is 0 Å². The van der Waals surface area contributed by atoms with Gasteiger partial charge in [0.2, 0.25) is 0 Å². The van der Waals surface area contributed by atoms with Gasteiger partial charge >= 0.3 is 0 Å². The van der Waals surface area contributed by atoms with Crippen LogP contribution in [0, 0.1) is 0 Å². The summed E-state index contributed by atoms with van der Waals surface area (Å²) < 4.78 is 0. The maximum Gasteiger partial charge on any atom is 0.105 e. The van der Waals surface area contributed by atoms with E-state index >= 15 is 0 Å². The largest absolute Gasteiger partial charge is 0.356 e. The molecular weight excluding hydrogens is 376 g/mol.